The summed E-state index contributed by atoms with van der Waals surface area (Å²) in [5.41, 5.74) is 2.83. The molecule has 3 heteroatoms. The van der Waals surface area contributed by atoms with Gasteiger partial charge in [0.2, 0.25) is 0 Å². The minimum absolute atomic E-state index is 0.123. The minimum atomic E-state index is -0.779. The van der Waals surface area contributed by atoms with Gasteiger partial charge in [-0.3, -0.25) is 0 Å². The van der Waals surface area contributed by atoms with Crippen LogP contribution < -0.4 is 5.32 Å². The van der Waals surface area contributed by atoms with Gasteiger partial charge in [0.05, 0.1) is 18.3 Å². The van der Waals surface area contributed by atoms with E-state index in [1.165, 1.54) is 16.7 Å². The van der Waals surface area contributed by atoms with Crippen molar-refractivity contribution in [2.45, 2.75) is 31.0 Å². The second-order valence-electron chi connectivity index (χ2n) is 7.03. The van der Waals surface area contributed by atoms with Gasteiger partial charge in [-0.2, -0.15) is 0 Å². The van der Waals surface area contributed by atoms with E-state index in [1.807, 2.05) is 6.07 Å². The molecular formula is C21H25NO2. The van der Waals surface area contributed by atoms with E-state index in [0.717, 1.165) is 25.9 Å². The Morgan fingerprint density at radius 3 is 2.50 bits per heavy atom. The van der Waals surface area contributed by atoms with Crippen molar-refractivity contribution in [2.75, 3.05) is 19.7 Å². The van der Waals surface area contributed by atoms with Crippen LogP contribution >= 0.6 is 0 Å². The predicted octanol–water partition coefficient (Wildman–Crippen LogP) is 3.03. The van der Waals surface area contributed by atoms with Crippen LogP contribution in [0.15, 0.2) is 54.6 Å². The minimum Gasteiger partial charge on any atom is -0.386 e. The standard InChI is InChI=1S/C21H25NO2/c23-21(18-10-11-18,20-15-22-12-13-24-20)14-17-8-4-5-9-19(17)16-6-2-1-3-7-16/h1-9,18,20,22-23H,10-15H2. The molecule has 2 aromatic rings. The van der Waals surface area contributed by atoms with E-state index in [0.29, 0.717) is 18.9 Å². The molecule has 0 amide bonds. The summed E-state index contributed by atoms with van der Waals surface area (Å²) >= 11 is 0. The number of ether oxygens (including phenoxy) is 1. The first-order valence-electron chi connectivity index (χ1n) is 8.95. The van der Waals surface area contributed by atoms with E-state index >= 15 is 0 Å². The fourth-order valence-electron chi connectivity index (χ4n) is 3.87. The second-order valence-corrected chi connectivity index (χ2v) is 7.03. The average Bonchev–Trinajstić information content (AvgIpc) is 3.49. The van der Waals surface area contributed by atoms with Gasteiger partial charge in [-0.15, -0.1) is 0 Å². The third kappa shape index (κ3) is 3.12. The van der Waals surface area contributed by atoms with Crippen molar-refractivity contribution >= 4 is 0 Å². The van der Waals surface area contributed by atoms with Crippen LogP contribution in [0.5, 0.6) is 0 Å². The van der Waals surface area contributed by atoms with Gasteiger partial charge in [0, 0.05) is 19.5 Å². The van der Waals surface area contributed by atoms with Gasteiger partial charge in [-0.25, -0.2) is 0 Å². The molecule has 1 saturated heterocycles. The molecule has 2 unspecified atom stereocenters. The summed E-state index contributed by atoms with van der Waals surface area (Å²) in [7, 11) is 0. The largest absolute Gasteiger partial charge is 0.386 e. The second kappa shape index (κ2) is 6.67. The quantitative estimate of drug-likeness (QED) is 0.889. The maximum Gasteiger partial charge on any atom is 0.0992 e. The van der Waals surface area contributed by atoms with Crippen LogP contribution in [-0.2, 0) is 11.2 Å². The summed E-state index contributed by atoms with van der Waals surface area (Å²) in [5.74, 6) is 0.353. The molecule has 1 aliphatic heterocycles. The average molecular weight is 323 g/mol. The predicted molar refractivity (Wildman–Crippen MR) is 95.9 cm³/mol. The van der Waals surface area contributed by atoms with Crippen LogP contribution in [0.1, 0.15) is 18.4 Å². The summed E-state index contributed by atoms with van der Waals surface area (Å²) in [4.78, 5) is 0. The lowest BCUT2D eigenvalue weighted by molar-refractivity contribution is -0.130. The molecule has 0 aromatic heterocycles. The Bertz CT molecular complexity index is 677. The van der Waals surface area contributed by atoms with Crippen molar-refractivity contribution in [3.05, 3.63) is 60.2 Å². The summed E-state index contributed by atoms with van der Waals surface area (Å²) in [5, 5.41) is 14.9. The van der Waals surface area contributed by atoms with E-state index < -0.39 is 5.60 Å². The fraction of sp³-hybridized carbons (Fsp3) is 0.429. The van der Waals surface area contributed by atoms with Crippen molar-refractivity contribution in [2.24, 2.45) is 5.92 Å². The lowest BCUT2D eigenvalue weighted by Gasteiger charge is -2.39. The molecule has 2 fully saturated rings. The normalized spacial score (nSPS) is 23.6. The molecule has 2 atom stereocenters. The molecule has 1 heterocycles. The molecular weight excluding hydrogens is 298 g/mol. The highest BCUT2D eigenvalue weighted by Crippen LogP contribution is 2.45. The SMILES string of the molecule is OC(Cc1ccccc1-c1ccccc1)(C1CC1)C1CNCCO1. The lowest BCUT2D eigenvalue weighted by atomic mass is 9.81. The Kier molecular flexibility index (Phi) is 4.40. The Labute approximate surface area is 143 Å². The number of rotatable bonds is 5. The summed E-state index contributed by atoms with van der Waals surface area (Å²) in [6, 6.07) is 18.9. The maximum absolute atomic E-state index is 11.5. The van der Waals surface area contributed by atoms with Gasteiger partial charge in [-0.05, 0) is 35.4 Å². The zero-order valence-electron chi connectivity index (χ0n) is 13.9. The van der Waals surface area contributed by atoms with Gasteiger partial charge >= 0.3 is 0 Å². The van der Waals surface area contributed by atoms with Gasteiger partial charge in [-0.1, -0.05) is 54.6 Å². The van der Waals surface area contributed by atoms with Crippen LogP contribution in [0.4, 0.5) is 0 Å². The molecule has 2 N–H and O–H groups in total. The van der Waals surface area contributed by atoms with Crippen molar-refractivity contribution < 1.29 is 9.84 Å². The van der Waals surface area contributed by atoms with E-state index in [1.54, 1.807) is 0 Å². The van der Waals surface area contributed by atoms with Crippen LogP contribution in [0.2, 0.25) is 0 Å². The number of hydrogen-bond acceptors (Lipinski definition) is 3. The highest BCUT2D eigenvalue weighted by Gasteiger charge is 2.50. The molecule has 1 aliphatic carbocycles. The first-order chi connectivity index (χ1) is 11.8. The number of nitrogens with one attached hydrogen (secondary N) is 1. The highest BCUT2D eigenvalue weighted by atomic mass is 16.5. The van der Waals surface area contributed by atoms with Crippen LogP contribution in [0, 0.1) is 5.92 Å². The van der Waals surface area contributed by atoms with Crippen molar-refractivity contribution in [1.29, 1.82) is 0 Å². The van der Waals surface area contributed by atoms with E-state index in [-0.39, 0.29) is 6.10 Å². The van der Waals surface area contributed by atoms with E-state index in [4.69, 9.17) is 4.74 Å². The zero-order valence-corrected chi connectivity index (χ0v) is 13.9. The van der Waals surface area contributed by atoms with Gasteiger partial charge in [0.15, 0.2) is 0 Å². The van der Waals surface area contributed by atoms with E-state index in [2.05, 4.69) is 53.8 Å². The topological polar surface area (TPSA) is 41.5 Å². The lowest BCUT2D eigenvalue weighted by Crippen LogP contribution is -2.55. The number of benzene rings is 2. The monoisotopic (exact) mass is 323 g/mol. The Morgan fingerprint density at radius 2 is 1.79 bits per heavy atom. The molecule has 0 spiro atoms. The number of aliphatic hydroxyl groups is 1. The number of morpholine rings is 1. The van der Waals surface area contributed by atoms with Gasteiger partial charge in [0.1, 0.15) is 0 Å². The Morgan fingerprint density at radius 1 is 1.04 bits per heavy atom. The van der Waals surface area contributed by atoms with Gasteiger partial charge < -0.3 is 15.2 Å². The van der Waals surface area contributed by atoms with Crippen molar-refractivity contribution in [1.82, 2.24) is 5.32 Å². The van der Waals surface area contributed by atoms with Crippen LogP contribution in [-0.4, -0.2) is 36.5 Å². The maximum atomic E-state index is 11.5. The molecule has 0 bridgehead atoms. The summed E-state index contributed by atoms with van der Waals surface area (Å²) in [6.07, 6.45) is 2.73. The Hall–Kier alpha value is -1.68. The molecule has 1 saturated carbocycles. The van der Waals surface area contributed by atoms with Crippen molar-refractivity contribution in [3.8, 4) is 11.1 Å². The highest BCUT2D eigenvalue weighted by molar-refractivity contribution is 5.67. The smallest absolute Gasteiger partial charge is 0.0992 e. The van der Waals surface area contributed by atoms with Crippen LogP contribution in [0.3, 0.4) is 0 Å². The van der Waals surface area contributed by atoms with E-state index in [9.17, 15) is 5.11 Å². The first-order valence-corrected chi connectivity index (χ1v) is 8.95. The first kappa shape index (κ1) is 15.8. The van der Waals surface area contributed by atoms with Crippen molar-refractivity contribution in [3.63, 3.8) is 0 Å². The third-order valence-corrected chi connectivity index (χ3v) is 5.35. The molecule has 2 aromatic carbocycles. The van der Waals surface area contributed by atoms with Crippen LogP contribution in [0.25, 0.3) is 11.1 Å². The summed E-state index contributed by atoms with van der Waals surface area (Å²) < 4.78 is 5.95. The molecule has 2 aliphatic rings. The molecule has 24 heavy (non-hydrogen) atoms. The molecule has 126 valence electrons. The molecule has 4 rings (SSSR count). The number of hydrogen-bond donors (Lipinski definition) is 2. The Balaban J connectivity index is 1.66. The summed E-state index contributed by atoms with van der Waals surface area (Å²) in [6.45, 7) is 2.29. The molecule has 0 radical (unpaired) electrons. The fourth-order valence-corrected chi connectivity index (χ4v) is 3.87. The molecule has 3 nitrogen and oxygen atoms in total. The zero-order chi connectivity index (χ0) is 16.4. The third-order valence-electron chi connectivity index (χ3n) is 5.35. The van der Waals surface area contributed by atoms with Gasteiger partial charge in [0.25, 0.3) is 0 Å².